The highest BCUT2D eigenvalue weighted by atomic mass is 79.9. The number of benzene rings is 1. The van der Waals surface area contributed by atoms with Gasteiger partial charge in [0.1, 0.15) is 5.82 Å². The Bertz CT molecular complexity index is 709. The van der Waals surface area contributed by atoms with Gasteiger partial charge in [-0.25, -0.2) is 4.68 Å². The lowest BCUT2D eigenvalue weighted by Gasteiger charge is -2.21. The molecule has 4 nitrogen and oxygen atoms in total. The second-order valence-corrected chi connectivity index (χ2v) is 7.69. The summed E-state index contributed by atoms with van der Waals surface area (Å²) in [5.41, 5.74) is 1.16. The largest absolute Gasteiger partial charge is 0.311 e. The van der Waals surface area contributed by atoms with Crippen LogP contribution in [-0.2, 0) is 11.3 Å². The van der Waals surface area contributed by atoms with Crippen molar-refractivity contribution in [2.75, 3.05) is 5.32 Å². The summed E-state index contributed by atoms with van der Waals surface area (Å²) in [5, 5.41) is 7.45. The highest BCUT2D eigenvalue weighted by Gasteiger charge is 2.43. The average molecular weight is 374 g/mol. The molecule has 3 atom stereocenters. The molecule has 2 aromatic rings. The molecule has 0 aliphatic heterocycles. The smallest absolute Gasteiger partial charge is 0.228 e. The third-order valence-corrected chi connectivity index (χ3v) is 5.82. The molecule has 1 aromatic carbocycles. The molecule has 2 saturated carbocycles. The highest BCUT2D eigenvalue weighted by molar-refractivity contribution is 9.10. The summed E-state index contributed by atoms with van der Waals surface area (Å²) in [4.78, 5) is 12.6. The van der Waals surface area contributed by atoms with Gasteiger partial charge in [0, 0.05) is 16.5 Å². The van der Waals surface area contributed by atoms with Crippen molar-refractivity contribution in [1.29, 1.82) is 0 Å². The Labute approximate surface area is 144 Å². The zero-order valence-electron chi connectivity index (χ0n) is 12.9. The molecule has 3 unspecified atom stereocenters. The van der Waals surface area contributed by atoms with Crippen LogP contribution in [0.3, 0.4) is 0 Å². The Hall–Kier alpha value is -1.62. The summed E-state index contributed by atoms with van der Waals surface area (Å²) in [6.45, 7) is 0.659. The Morgan fingerprint density at radius 2 is 2.04 bits per heavy atom. The Balaban J connectivity index is 1.45. The molecule has 23 heavy (non-hydrogen) atoms. The zero-order chi connectivity index (χ0) is 15.8. The third kappa shape index (κ3) is 3.07. The average Bonchev–Trinajstić information content (AvgIpc) is 3.27. The monoisotopic (exact) mass is 373 g/mol. The summed E-state index contributed by atoms with van der Waals surface area (Å²) in [6, 6.07) is 10.0. The predicted octanol–water partition coefficient (Wildman–Crippen LogP) is 4.07. The van der Waals surface area contributed by atoms with E-state index in [1.807, 2.05) is 22.9 Å². The number of nitrogens with one attached hydrogen (secondary N) is 1. The van der Waals surface area contributed by atoms with Gasteiger partial charge in [0.05, 0.1) is 12.7 Å². The first kappa shape index (κ1) is 14.9. The molecule has 0 spiro atoms. The molecule has 2 fully saturated rings. The Kier molecular flexibility index (Phi) is 3.97. The van der Waals surface area contributed by atoms with Gasteiger partial charge in [-0.3, -0.25) is 4.79 Å². The quantitative estimate of drug-likeness (QED) is 0.877. The molecule has 5 heteroatoms. The molecular weight excluding hydrogens is 354 g/mol. The normalized spacial score (nSPS) is 25.7. The van der Waals surface area contributed by atoms with E-state index >= 15 is 0 Å². The highest BCUT2D eigenvalue weighted by Crippen LogP contribution is 2.48. The van der Waals surface area contributed by atoms with E-state index in [9.17, 15) is 4.79 Å². The van der Waals surface area contributed by atoms with Crippen molar-refractivity contribution in [2.45, 2.75) is 32.2 Å². The lowest BCUT2D eigenvalue weighted by molar-refractivity contribution is -0.121. The van der Waals surface area contributed by atoms with E-state index in [0.717, 1.165) is 28.2 Å². The summed E-state index contributed by atoms with van der Waals surface area (Å²) in [7, 11) is 0. The number of fused-ring (bicyclic) bond motifs is 2. The van der Waals surface area contributed by atoms with Crippen LogP contribution in [0.1, 0.15) is 31.2 Å². The molecule has 2 bridgehead atoms. The predicted molar refractivity (Wildman–Crippen MR) is 93.0 cm³/mol. The molecule has 1 N–H and O–H groups in total. The molecule has 1 heterocycles. The molecule has 2 aliphatic rings. The minimum atomic E-state index is 0.176. The van der Waals surface area contributed by atoms with Crippen molar-refractivity contribution < 1.29 is 4.79 Å². The van der Waals surface area contributed by atoms with Crippen molar-refractivity contribution in [3.63, 3.8) is 0 Å². The maximum absolute atomic E-state index is 12.6. The van der Waals surface area contributed by atoms with Gasteiger partial charge in [0.15, 0.2) is 0 Å². The summed E-state index contributed by atoms with van der Waals surface area (Å²) in [6.07, 6.45) is 6.60. The van der Waals surface area contributed by atoms with E-state index in [4.69, 9.17) is 0 Å². The number of rotatable bonds is 4. The lowest BCUT2D eigenvalue weighted by Crippen LogP contribution is -2.28. The van der Waals surface area contributed by atoms with E-state index in [0.29, 0.717) is 12.5 Å². The summed E-state index contributed by atoms with van der Waals surface area (Å²) < 4.78 is 2.92. The number of carbonyl (C=O) groups is 1. The molecular formula is C18H20BrN3O. The van der Waals surface area contributed by atoms with Crippen LogP contribution in [0.2, 0.25) is 0 Å². The molecule has 0 saturated heterocycles. The number of amides is 1. The van der Waals surface area contributed by atoms with Crippen LogP contribution in [0.15, 0.2) is 41.0 Å². The number of aromatic nitrogens is 2. The van der Waals surface area contributed by atoms with E-state index in [1.165, 1.54) is 19.3 Å². The van der Waals surface area contributed by atoms with Crippen LogP contribution in [-0.4, -0.2) is 15.7 Å². The van der Waals surface area contributed by atoms with Crippen molar-refractivity contribution in [1.82, 2.24) is 9.78 Å². The Morgan fingerprint density at radius 1 is 1.22 bits per heavy atom. The van der Waals surface area contributed by atoms with Crippen molar-refractivity contribution in [3.05, 3.63) is 46.6 Å². The van der Waals surface area contributed by atoms with Crippen molar-refractivity contribution >= 4 is 27.7 Å². The van der Waals surface area contributed by atoms with Crippen LogP contribution < -0.4 is 5.32 Å². The minimum Gasteiger partial charge on any atom is -0.311 e. The standard InChI is InChI=1S/C18H20BrN3O/c19-15-5-2-12(3-6-15)11-22-17(7-8-20-22)21-18(23)16-10-13-1-4-14(16)9-13/h2-3,5-8,13-14,16H,1,4,9-11H2,(H,21,23). The zero-order valence-corrected chi connectivity index (χ0v) is 14.5. The van der Waals surface area contributed by atoms with Gasteiger partial charge in [-0.1, -0.05) is 34.5 Å². The molecule has 2 aliphatic carbocycles. The molecule has 1 amide bonds. The summed E-state index contributed by atoms with van der Waals surface area (Å²) >= 11 is 3.44. The van der Waals surface area contributed by atoms with Crippen molar-refractivity contribution in [3.8, 4) is 0 Å². The minimum absolute atomic E-state index is 0.176. The fourth-order valence-electron chi connectivity index (χ4n) is 4.11. The van der Waals surface area contributed by atoms with E-state index in [2.05, 4.69) is 38.5 Å². The van der Waals surface area contributed by atoms with Crippen LogP contribution in [0.25, 0.3) is 0 Å². The fraction of sp³-hybridized carbons (Fsp3) is 0.444. The van der Waals surface area contributed by atoms with Gasteiger partial charge < -0.3 is 5.32 Å². The Morgan fingerprint density at radius 3 is 2.74 bits per heavy atom. The first-order chi connectivity index (χ1) is 11.2. The number of halogens is 1. The van der Waals surface area contributed by atoms with Crippen LogP contribution >= 0.6 is 15.9 Å². The molecule has 0 radical (unpaired) electrons. The van der Waals surface area contributed by atoms with Crippen molar-refractivity contribution in [2.24, 2.45) is 17.8 Å². The fourth-order valence-corrected chi connectivity index (χ4v) is 4.38. The van der Waals surface area contributed by atoms with Gasteiger partial charge in [-0.2, -0.15) is 5.10 Å². The number of carbonyl (C=O) groups excluding carboxylic acids is 1. The van der Waals surface area contributed by atoms with E-state index < -0.39 is 0 Å². The van der Waals surface area contributed by atoms with Gasteiger partial charge in [0.25, 0.3) is 0 Å². The van der Waals surface area contributed by atoms with Gasteiger partial charge in [-0.05, 0) is 48.8 Å². The number of nitrogens with zero attached hydrogens (tertiary/aromatic N) is 2. The molecule has 120 valence electrons. The number of hydrogen-bond donors (Lipinski definition) is 1. The van der Waals surface area contributed by atoms with E-state index in [-0.39, 0.29) is 11.8 Å². The number of hydrogen-bond acceptors (Lipinski definition) is 2. The first-order valence-electron chi connectivity index (χ1n) is 8.26. The van der Waals surface area contributed by atoms with E-state index in [1.54, 1.807) is 6.20 Å². The lowest BCUT2D eigenvalue weighted by atomic mass is 9.88. The maximum atomic E-state index is 12.6. The topological polar surface area (TPSA) is 46.9 Å². The maximum Gasteiger partial charge on any atom is 0.228 e. The van der Waals surface area contributed by atoms with Crippen LogP contribution in [0.4, 0.5) is 5.82 Å². The van der Waals surface area contributed by atoms with Gasteiger partial charge in [-0.15, -0.1) is 0 Å². The SMILES string of the molecule is O=C(Nc1ccnn1Cc1ccc(Br)cc1)C1CC2CCC1C2. The number of anilines is 1. The van der Waals surface area contributed by atoms with Crippen LogP contribution in [0.5, 0.6) is 0 Å². The second-order valence-electron chi connectivity index (χ2n) is 6.77. The molecule has 4 rings (SSSR count). The third-order valence-electron chi connectivity index (χ3n) is 5.29. The van der Waals surface area contributed by atoms with Gasteiger partial charge in [0.2, 0.25) is 5.91 Å². The van der Waals surface area contributed by atoms with Crippen LogP contribution in [0, 0.1) is 17.8 Å². The second kappa shape index (κ2) is 6.11. The first-order valence-corrected chi connectivity index (χ1v) is 9.05. The summed E-state index contributed by atoms with van der Waals surface area (Å²) in [5.74, 6) is 2.55. The molecule has 1 aromatic heterocycles. The van der Waals surface area contributed by atoms with Gasteiger partial charge >= 0.3 is 0 Å².